The zero-order valence-corrected chi connectivity index (χ0v) is 16.6. The highest BCUT2D eigenvalue weighted by Gasteiger charge is 2.23. The number of carbonyl (C=O) groups is 1. The van der Waals surface area contributed by atoms with Gasteiger partial charge in [-0.2, -0.15) is 5.10 Å². The molecule has 2 aliphatic rings. The van der Waals surface area contributed by atoms with Crippen LogP contribution in [0.1, 0.15) is 56.3 Å². The molecule has 7 nitrogen and oxygen atoms in total. The van der Waals surface area contributed by atoms with Crippen LogP contribution in [0.2, 0.25) is 0 Å². The first-order chi connectivity index (χ1) is 14.1. The van der Waals surface area contributed by atoms with E-state index in [9.17, 15) is 14.0 Å². The lowest BCUT2D eigenvalue weighted by atomic mass is 9.96. The molecule has 0 spiro atoms. The summed E-state index contributed by atoms with van der Waals surface area (Å²) in [5, 5.41) is 10.6. The first-order valence-electron chi connectivity index (χ1n) is 10.6. The monoisotopic (exact) mass is 401 g/mol. The smallest absolute Gasteiger partial charge is 0.335 e. The fourth-order valence-electron chi connectivity index (χ4n) is 4.30. The van der Waals surface area contributed by atoms with Crippen molar-refractivity contribution in [2.75, 3.05) is 0 Å². The average molecular weight is 401 g/mol. The predicted octanol–water partition coefficient (Wildman–Crippen LogP) is 2.57. The van der Waals surface area contributed by atoms with E-state index in [0.717, 1.165) is 30.7 Å². The Morgan fingerprint density at radius 1 is 1.03 bits per heavy atom. The summed E-state index contributed by atoms with van der Waals surface area (Å²) in [5.41, 5.74) is 0.678. The number of aryl methyl sites for hydroxylation is 1. The minimum absolute atomic E-state index is 0.0326. The molecule has 29 heavy (non-hydrogen) atoms. The Labute approximate surface area is 169 Å². The Hall–Kier alpha value is -2.64. The number of hydrogen-bond donors (Lipinski definition) is 2. The van der Waals surface area contributed by atoms with Crippen molar-refractivity contribution >= 4 is 6.03 Å². The van der Waals surface area contributed by atoms with Crippen LogP contribution in [-0.2, 0) is 19.5 Å². The van der Waals surface area contributed by atoms with Crippen LogP contribution in [-0.4, -0.2) is 32.5 Å². The summed E-state index contributed by atoms with van der Waals surface area (Å²) in [7, 11) is 0. The molecule has 0 radical (unpaired) electrons. The van der Waals surface area contributed by atoms with Crippen molar-refractivity contribution in [3.05, 3.63) is 52.0 Å². The number of nitrogens with one attached hydrogen (secondary N) is 2. The maximum absolute atomic E-state index is 13.1. The molecule has 1 aromatic carbocycles. The van der Waals surface area contributed by atoms with Gasteiger partial charge in [0.25, 0.3) is 0 Å². The van der Waals surface area contributed by atoms with Crippen molar-refractivity contribution in [1.29, 1.82) is 0 Å². The van der Waals surface area contributed by atoms with Gasteiger partial charge in [0.1, 0.15) is 11.6 Å². The van der Waals surface area contributed by atoms with Gasteiger partial charge in [0, 0.05) is 25.0 Å². The van der Waals surface area contributed by atoms with Crippen molar-refractivity contribution in [3.63, 3.8) is 0 Å². The van der Waals surface area contributed by atoms with Gasteiger partial charge in [0.15, 0.2) is 0 Å². The summed E-state index contributed by atoms with van der Waals surface area (Å²) in [4.78, 5) is 25.0. The van der Waals surface area contributed by atoms with E-state index in [1.54, 1.807) is 16.7 Å². The molecule has 1 fully saturated rings. The van der Waals surface area contributed by atoms with Crippen LogP contribution in [0.4, 0.5) is 9.18 Å². The fourth-order valence-corrected chi connectivity index (χ4v) is 4.30. The van der Waals surface area contributed by atoms with Gasteiger partial charge in [-0.05, 0) is 43.4 Å². The van der Waals surface area contributed by atoms with Crippen molar-refractivity contribution < 1.29 is 9.18 Å². The molecule has 4 rings (SSSR count). The molecule has 0 saturated heterocycles. The van der Waals surface area contributed by atoms with Crippen LogP contribution in [0.3, 0.4) is 0 Å². The molecule has 1 atom stereocenters. The van der Waals surface area contributed by atoms with Gasteiger partial charge in [-0.3, -0.25) is 4.57 Å². The number of hydrogen-bond acceptors (Lipinski definition) is 3. The Kier molecular flexibility index (Phi) is 5.97. The Balaban J connectivity index is 1.34. The molecule has 1 aromatic heterocycles. The first-order valence-corrected chi connectivity index (χ1v) is 10.6. The molecule has 2 aromatic rings. The lowest BCUT2D eigenvalue weighted by Crippen LogP contribution is -2.47. The van der Waals surface area contributed by atoms with E-state index < -0.39 is 0 Å². The van der Waals surface area contributed by atoms with Crippen molar-refractivity contribution in [2.24, 2.45) is 0 Å². The highest BCUT2D eigenvalue weighted by molar-refractivity contribution is 5.74. The summed E-state index contributed by atoms with van der Waals surface area (Å²) in [5.74, 6) is 0.446. The van der Waals surface area contributed by atoms with Gasteiger partial charge < -0.3 is 10.6 Å². The maximum Gasteiger partial charge on any atom is 0.346 e. The van der Waals surface area contributed by atoms with Crippen LogP contribution in [0.5, 0.6) is 0 Å². The van der Waals surface area contributed by atoms with Crippen molar-refractivity contribution in [2.45, 2.75) is 76.5 Å². The second-order valence-electron chi connectivity index (χ2n) is 8.11. The van der Waals surface area contributed by atoms with Crippen LogP contribution >= 0.6 is 0 Å². The van der Waals surface area contributed by atoms with Crippen molar-refractivity contribution in [1.82, 2.24) is 25.0 Å². The van der Waals surface area contributed by atoms with Crippen LogP contribution in [0.15, 0.2) is 29.1 Å². The number of nitrogens with zero attached hydrogens (tertiary/aromatic N) is 3. The van der Waals surface area contributed by atoms with E-state index in [-0.39, 0.29) is 29.6 Å². The third-order valence-corrected chi connectivity index (χ3v) is 5.94. The van der Waals surface area contributed by atoms with E-state index >= 15 is 0 Å². The molecule has 1 aliphatic heterocycles. The van der Waals surface area contributed by atoms with Crippen LogP contribution in [0.25, 0.3) is 0 Å². The SMILES string of the molecule is O=C(NC1CCCCC1)NC1CCc2nn(Cc3ccc(F)cc3)c(=O)n2CC1. The van der Waals surface area contributed by atoms with Gasteiger partial charge in [-0.25, -0.2) is 18.7 Å². The Morgan fingerprint density at radius 3 is 2.45 bits per heavy atom. The summed E-state index contributed by atoms with van der Waals surface area (Å²) >= 11 is 0. The molecule has 1 unspecified atom stereocenters. The van der Waals surface area contributed by atoms with E-state index in [4.69, 9.17) is 0 Å². The van der Waals surface area contributed by atoms with Gasteiger partial charge >= 0.3 is 11.7 Å². The minimum atomic E-state index is -0.298. The van der Waals surface area contributed by atoms with Crippen LogP contribution < -0.4 is 16.3 Å². The average Bonchev–Trinajstić information content (AvgIpc) is 2.87. The number of aromatic nitrogens is 3. The third-order valence-electron chi connectivity index (χ3n) is 5.94. The molecule has 0 bridgehead atoms. The molecule has 2 amide bonds. The minimum Gasteiger partial charge on any atom is -0.335 e. The van der Waals surface area contributed by atoms with E-state index in [0.29, 0.717) is 25.9 Å². The topological polar surface area (TPSA) is 81.0 Å². The summed E-state index contributed by atoms with van der Waals surface area (Å²) in [6, 6.07) is 6.31. The summed E-state index contributed by atoms with van der Waals surface area (Å²) in [6.45, 7) is 0.858. The number of amides is 2. The number of carbonyl (C=O) groups excluding carboxylic acids is 1. The van der Waals surface area contributed by atoms with Gasteiger partial charge in [-0.1, -0.05) is 31.4 Å². The summed E-state index contributed by atoms with van der Waals surface area (Å²) < 4.78 is 16.2. The Morgan fingerprint density at radius 2 is 1.72 bits per heavy atom. The quantitative estimate of drug-likeness (QED) is 0.826. The molecular weight excluding hydrogens is 373 g/mol. The highest BCUT2D eigenvalue weighted by Crippen LogP contribution is 2.17. The van der Waals surface area contributed by atoms with E-state index in [2.05, 4.69) is 15.7 Å². The fraction of sp³-hybridized carbons (Fsp3) is 0.571. The van der Waals surface area contributed by atoms with Gasteiger partial charge in [0.05, 0.1) is 6.54 Å². The maximum atomic E-state index is 13.1. The predicted molar refractivity (Wildman–Crippen MR) is 107 cm³/mol. The lowest BCUT2D eigenvalue weighted by Gasteiger charge is -2.24. The van der Waals surface area contributed by atoms with Gasteiger partial charge in [0.2, 0.25) is 0 Å². The summed E-state index contributed by atoms with van der Waals surface area (Å²) in [6.07, 6.45) is 7.83. The first kappa shape index (κ1) is 19.7. The Bertz CT molecular complexity index is 899. The normalized spacial score (nSPS) is 20.0. The molecule has 2 N–H and O–H groups in total. The molecular formula is C21H28FN5O2. The number of fused-ring (bicyclic) bond motifs is 1. The molecule has 1 aliphatic carbocycles. The number of rotatable bonds is 4. The largest absolute Gasteiger partial charge is 0.346 e. The molecule has 1 saturated carbocycles. The molecule has 8 heteroatoms. The third kappa shape index (κ3) is 4.86. The van der Waals surface area contributed by atoms with Gasteiger partial charge in [-0.15, -0.1) is 0 Å². The second kappa shape index (κ2) is 8.80. The van der Waals surface area contributed by atoms with E-state index in [1.165, 1.54) is 36.1 Å². The van der Waals surface area contributed by atoms with Crippen LogP contribution in [0, 0.1) is 5.82 Å². The highest BCUT2D eigenvalue weighted by atomic mass is 19.1. The molecule has 156 valence electrons. The van der Waals surface area contributed by atoms with Crippen molar-refractivity contribution in [3.8, 4) is 0 Å². The standard InChI is InChI=1S/C21H28FN5O2/c22-16-8-6-15(7-9-16)14-27-21(29)26-13-12-18(10-11-19(26)25-27)24-20(28)23-17-4-2-1-3-5-17/h6-9,17-18H,1-5,10-14H2,(H2,23,24,28). The number of halogens is 1. The lowest BCUT2D eigenvalue weighted by molar-refractivity contribution is 0.227. The molecule has 2 heterocycles. The van der Waals surface area contributed by atoms with E-state index in [1.807, 2.05) is 0 Å². The number of urea groups is 1. The second-order valence-corrected chi connectivity index (χ2v) is 8.11. The zero-order chi connectivity index (χ0) is 20.2. The zero-order valence-electron chi connectivity index (χ0n) is 16.6. The number of benzene rings is 1.